The van der Waals surface area contributed by atoms with Crippen LogP contribution in [0.1, 0.15) is 126 Å². The third-order valence-electron chi connectivity index (χ3n) is 23.9. The molecule has 0 saturated heterocycles. The van der Waals surface area contributed by atoms with E-state index in [4.69, 9.17) is 0 Å². The lowest BCUT2D eigenvalue weighted by molar-refractivity contribution is 0.0523. The summed E-state index contributed by atoms with van der Waals surface area (Å²) < 4.78 is 2.45. The van der Waals surface area contributed by atoms with Crippen LogP contribution >= 0.6 is 0 Å². The maximum atomic E-state index is 16.2. The summed E-state index contributed by atoms with van der Waals surface area (Å²) in [6.07, 6.45) is 0. The van der Waals surface area contributed by atoms with E-state index in [2.05, 4.69) is 257 Å². The molecule has 6 atom stereocenters. The highest BCUT2D eigenvalue weighted by Gasteiger charge is 2.82. The third kappa shape index (κ3) is 3.75. The summed E-state index contributed by atoms with van der Waals surface area (Å²) in [6, 6.07) is 84.0. The summed E-state index contributed by atoms with van der Waals surface area (Å²) in [5.74, 6) is 0.360. The number of Topliss-reactive ketones (excluding diaryl/α,β-unsaturated/α-hetero) is 2. The van der Waals surface area contributed by atoms with Crippen molar-refractivity contribution in [3.8, 4) is 33.4 Å². The largest absolute Gasteiger partial charge is 0.308 e. The number of fused-ring (bicyclic) bond motifs is 28. The normalized spacial score (nSPS) is 26.5. The lowest BCUT2D eigenvalue weighted by Gasteiger charge is -2.74. The second-order valence-corrected chi connectivity index (χ2v) is 26.0. The molecule has 82 heavy (non-hydrogen) atoms. The van der Waals surface area contributed by atoms with Crippen LogP contribution in [-0.2, 0) is 37.9 Å². The Morgan fingerprint density at radius 1 is 0.280 bits per heavy atom. The van der Waals surface area contributed by atoms with Crippen molar-refractivity contribution in [2.75, 3.05) is 0 Å². The molecule has 3 heteroatoms. The van der Waals surface area contributed by atoms with E-state index >= 15 is 9.59 Å². The topological polar surface area (TPSA) is 38.5 Å². The van der Waals surface area contributed by atoms with Gasteiger partial charge in [-0.2, -0.15) is 0 Å². The summed E-state index contributed by atoms with van der Waals surface area (Å²) in [7, 11) is 0. The van der Waals surface area contributed by atoms with E-state index in [-0.39, 0.29) is 11.6 Å². The van der Waals surface area contributed by atoms with Crippen LogP contribution < -0.4 is 0 Å². The van der Waals surface area contributed by atoms with Crippen molar-refractivity contribution in [2.24, 2.45) is 0 Å². The third-order valence-corrected chi connectivity index (χ3v) is 23.9. The SMILES string of the molecule is CC12C(=O)c3cc4c(cc3C3(C)c5ccccc5C13c1ccccc12)c1cc(-c2cccc3c2C2(c5ccccc5-c5ccccc52)c2ccccc2-3)cc2c3cc5c(cc3n4c12)C(=O)C1(C)c2ccccc2C12c1ccccc1C52C. The van der Waals surface area contributed by atoms with Gasteiger partial charge in [0.25, 0.3) is 0 Å². The molecule has 8 aliphatic carbocycles. The van der Waals surface area contributed by atoms with Crippen molar-refractivity contribution in [3.05, 3.63) is 313 Å². The first-order valence-electron chi connectivity index (χ1n) is 29.3. The van der Waals surface area contributed by atoms with Crippen molar-refractivity contribution < 1.29 is 9.59 Å². The molecule has 13 aromatic rings. The number of hydrogen-bond donors (Lipinski definition) is 0. The maximum Gasteiger partial charge on any atom is 0.174 e. The lowest BCUT2D eigenvalue weighted by atomic mass is 9.25. The summed E-state index contributed by atoms with van der Waals surface area (Å²) in [6.45, 7) is 9.31. The Kier molecular flexibility index (Phi) is 6.87. The van der Waals surface area contributed by atoms with Crippen molar-refractivity contribution >= 4 is 49.7 Å². The quantitative estimate of drug-likeness (QED) is 0.164. The van der Waals surface area contributed by atoms with E-state index in [1.807, 2.05) is 0 Å². The first kappa shape index (κ1) is 43.4. The number of hydrogen-bond acceptors (Lipinski definition) is 2. The minimum Gasteiger partial charge on any atom is -0.308 e. The standard InChI is InChI=1S/C79H49NO2/c1-73-57-28-11-15-32-61(57)78(73)63-34-17-13-30-59(63)75(78,3)71(81)52-40-67-48(38-65(52)73)50-36-42(43-23-19-24-47-46-22-7-10-27-56(46)77(69(43)47)54-25-8-5-20-44(54)45-21-6-9-26-55(45)77)37-51-49-39-66-53(41-68(49)80(67)70(50)51)72(82)76(4)60-31-14-18-35-64(60)79(76)62-33-16-12-29-58(62)74(66,79)2/h5-41H,1-4H3. The van der Waals surface area contributed by atoms with Gasteiger partial charge in [-0.3, -0.25) is 9.59 Å². The number of carbonyl (C=O) groups is 2. The minimum atomic E-state index is -0.764. The first-order valence-corrected chi connectivity index (χ1v) is 29.3. The van der Waals surface area contributed by atoms with Crippen LogP contribution in [0.5, 0.6) is 0 Å². The molecule has 0 amide bonds. The predicted molar refractivity (Wildman–Crippen MR) is 326 cm³/mol. The van der Waals surface area contributed by atoms with Gasteiger partial charge in [-0.15, -0.1) is 0 Å². The van der Waals surface area contributed by atoms with Crippen LogP contribution in [0.4, 0.5) is 0 Å². The van der Waals surface area contributed by atoms with Crippen molar-refractivity contribution in [2.45, 2.75) is 65.6 Å². The number of benzene rings is 11. The Hall–Kier alpha value is -9.44. The zero-order valence-electron chi connectivity index (χ0n) is 45.6. The van der Waals surface area contributed by atoms with Gasteiger partial charge in [-0.25, -0.2) is 0 Å². The molecular formula is C79H49NO2. The summed E-state index contributed by atoms with van der Waals surface area (Å²) in [5.41, 5.74) is 25.5. The van der Waals surface area contributed by atoms with E-state index in [1.54, 1.807) is 0 Å². The number of ketones is 2. The molecule has 0 N–H and O–H groups in total. The average Bonchev–Trinajstić information content (AvgIpc) is 0.747. The molecule has 0 saturated carbocycles. The Morgan fingerprint density at radius 2 is 0.610 bits per heavy atom. The Balaban J connectivity index is 0.913. The van der Waals surface area contributed by atoms with Gasteiger partial charge in [0, 0.05) is 43.5 Å². The van der Waals surface area contributed by atoms with Crippen LogP contribution in [0.2, 0.25) is 0 Å². The van der Waals surface area contributed by atoms with Crippen LogP contribution in [-0.4, -0.2) is 16.0 Å². The van der Waals surface area contributed by atoms with E-state index < -0.39 is 37.9 Å². The van der Waals surface area contributed by atoms with E-state index in [0.29, 0.717) is 0 Å². The average molecular weight is 1040 g/mol. The molecule has 0 fully saturated rings. The van der Waals surface area contributed by atoms with E-state index in [9.17, 15) is 0 Å². The van der Waals surface area contributed by atoms with Gasteiger partial charge >= 0.3 is 0 Å². The van der Waals surface area contributed by atoms with Gasteiger partial charge in [0.15, 0.2) is 11.6 Å². The molecule has 2 heterocycles. The second kappa shape index (κ2) is 13.0. The zero-order valence-corrected chi connectivity index (χ0v) is 45.6. The van der Waals surface area contributed by atoms with Crippen molar-refractivity contribution in [1.29, 1.82) is 0 Å². The fourth-order valence-electron chi connectivity index (χ4n) is 21.2. The molecule has 6 unspecified atom stereocenters. The maximum absolute atomic E-state index is 16.2. The highest BCUT2D eigenvalue weighted by atomic mass is 16.1. The summed E-state index contributed by atoms with van der Waals surface area (Å²) in [5, 5.41) is 4.54. The number of nitrogens with zero attached hydrogens (tertiary/aromatic N) is 1. The monoisotopic (exact) mass is 1040 g/mol. The molecule has 0 bridgehead atoms. The summed E-state index contributed by atoms with van der Waals surface area (Å²) in [4.78, 5) is 32.3. The molecule has 8 aliphatic rings. The van der Waals surface area contributed by atoms with Crippen molar-refractivity contribution in [3.63, 3.8) is 0 Å². The van der Waals surface area contributed by atoms with Gasteiger partial charge < -0.3 is 4.40 Å². The van der Waals surface area contributed by atoms with Crippen LogP contribution in [0.15, 0.2) is 224 Å². The van der Waals surface area contributed by atoms with Crippen LogP contribution in [0.3, 0.4) is 0 Å². The number of aromatic nitrogens is 1. The Bertz CT molecular complexity index is 5090. The second-order valence-electron chi connectivity index (χ2n) is 26.0. The molecule has 3 nitrogen and oxygen atoms in total. The molecule has 2 aromatic heterocycles. The fourth-order valence-corrected chi connectivity index (χ4v) is 21.2. The summed E-state index contributed by atoms with van der Waals surface area (Å²) >= 11 is 0. The highest BCUT2D eigenvalue weighted by molar-refractivity contribution is 6.28. The Labute approximate surface area is 473 Å². The molecular weight excluding hydrogens is 995 g/mol. The van der Waals surface area contributed by atoms with Crippen molar-refractivity contribution in [1.82, 2.24) is 4.40 Å². The highest BCUT2D eigenvalue weighted by Crippen LogP contribution is 2.80. The van der Waals surface area contributed by atoms with E-state index in [1.165, 1.54) is 83.5 Å². The van der Waals surface area contributed by atoms with E-state index in [0.717, 1.165) is 77.0 Å². The lowest BCUT2D eigenvalue weighted by Crippen LogP contribution is -2.77. The van der Waals surface area contributed by atoms with Crippen LogP contribution in [0, 0.1) is 0 Å². The van der Waals surface area contributed by atoms with Gasteiger partial charge in [0.2, 0.25) is 0 Å². The van der Waals surface area contributed by atoms with Crippen LogP contribution in [0.25, 0.3) is 71.5 Å². The zero-order chi connectivity index (χ0) is 54.1. The van der Waals surface area contributed by atoms with Gasteiger partial charge in [0.1, 0.15) is 0 Å². The fraction of sp³-hybridized carbons (Fsp3) is 0.139. The molecule has 21 rings (SSSR count). The predicted octanol–water partition coefficient (Wildman–Crippen LogP) is 17.0. The Morgan fingerprint density at radius 3 is 1.02 bits per heavy atom. The molecule has 3 spiro atoms. The van der Waals surface area contributed by atoms with Gasteiger partial charge in [-0.05, 0) is 162 Å². The number of carbonyl (C=O) groups excluding carboxylic acids is 2. The molecule has 0 radical (unpaired) electrons. The van der Waals surface area contributed by atoms with Gasteiger partial charge in [0.05, 0.1) is 43.6 Å². The smallest absolute Gasteiger partial charge is 0.174 e. The molecule has 11 aromatic carbocycles. The van der Waals surface area contributed by atoms with Gasteiger partial charge in [-0.1, -0.05) is 202 Å². The first-order chi connectivity index (χ1) is 40.0. The molecule has 0 aliphatic heterocycles. The number of rotatable bonds is 1. The molecule has 382 valence electrons. The minimum absolute atomic E-state index is 0.180.